The molecule has 0 atom stereocenters. The van der Waals surface area contributed by atoms with E-state index < -0.39 is 0 Å². The molecule has 2 aromatic carbocycles. The summed E-state index contributed by atoms with van der Waals surface area (Å²) in [5, 5.41) is 14.0. The second kappa shape index (κ2) is 9.80. The number of aliphatic hydroxyl groups excluding tert-OH is 1. The molecule has 0 saturated carbocycles. The number of aromatic amines is 1. The number of H-pyrrole nitrogens is 1. The number of benzene rings is 2. The highest BCUT2D eigenvalue weighted by Crippen LogP contribution is 2.35. The number of rotatable bonds is 8. The van der Waals surface area contributed by atoms with E-state index in [0.29, 0.717) is 53.7 Å². The smallest absolute Gasteiger partial charge is 0.253 e. The molecule has 2 heterocycles. The van der Waals surface area contributed by atoms with Crippen molar-refractivity contribution in [3.05, 3.63) is 70.0 Å². The molecule has 3 aromatic rings. The molecule has 4 rings (SSSR count). The van der Waals surface area contributed by atoms with Gasteiger partial charge < -0.3 is 29.8 Å². The van der Waals surface area contributed by atoms with Crippen molar-refractivity contribution in [2.75, 3.05) is 26.5 Å². The molecule has 0 spiro atoms. The van der Waals surface area contributed by atoms with Gasteiger partial charge in [-0.15, -0.1) is 0 Å². The van der Waals surface area contributed by atoms with Gasteiger partial charge in [-0.25, -0.2) is 0 Å². The molecule has 3 N–H and O–H groups in total. The van der Waals surface area contributed by atoms with Crippen LogP contribution in [0.1, 0.15) is 17.5 Å². The molecule has 0 aliphatic carbocycles. The predicted octanol–water partition coefficient (Wildman–Crippen LogP) is 2.56. The van der Waals surface area contributed by atoms with E-state index >= 15 is 0 Å². The van der Waals surface area contributed by atoms with Gasteiger partial charge in [0.05, 0.1) is 12.1 Å². The van der Waals surface area contributed by atoms with Gasteiger partial charge in [-0.2, -0.15) is 0 Å². The first-order valence-corrected chi connectivity index (χ1v) is 10.7. The Morgan fingerprint density at radius 1 is 1.16 bits per heavy atom. The van der Waals surface area contributed by atoms with E-state index in [-0.39, 0.29) is 19.0 Å². The van der Waals surface area contributed by atoms with E-state index in [0.717, 1.165) is 11.8 Å². The fraction of sp³-hybridized carbons (Fsp3) is 0.304. The Bertz CT molecular complexity index is 1120. The summed E-state index contributed by atoms with van der Waals surface area (Å²) in [7, 11) is 0. The fourth-order valence-corrected chi connectivity index (χ4v) is 3.81. The van der Waals surface area contributed by atoms with Gasteiger partial charge in [-0.05, 0) is 42.8 Å². The lowest BCUT2D eigenvalue weighted by Gasteiger charge is -2.25. The lowest BCUT2D eigenvalue weighted by atomic mass is 10.1. The van der Waals surface area contributed by atoms with Crippen molar-refractivity contribution in [2.24, 2.45) is 0 Å². The van der Waals surface area contributed by atoms with Crippen LogP contribution in [0.4, 0.5) is 0 Å². The molecule has 0 amide bonds. The third-order valence-corrected chi connectivity index (χ3v) is 5.58. The van der Waals surface area contributed by atoms with Crippen LogP contribution in [-0.4, -0.2) is 46.6 Å². The molecule has 1 aliphatic rings. The summed E-state index contributed by atoms with van der Waals surface area (Å²) >= 11 is 5.59. The number of pyridine rings is 1. The standard InChI is InChI=1S/C23H25N3O4S/c27-10-4-9-26(23(31)24-8-7-16-5-2-1-3-6-16)14-18-11-17-12-20-21(30-15-29-20)13-19(17)25-22(18)28/h1-3,5-6,11-13,27H,4,7-10,14-15H2,(H,24,31)(H,25,28). The number of hydrogen-bond acceptors (Lipinski definition) is 5. The summed E-state index contributed by atoms with van der Waals surface area (Å²) in [6.07, 6.45) is 1.41. The van der Waals surface area contributed by atoms with Crippen molar-refractivity contribution >= 4 is 28.2 Å². The molecular weight excluding hydrogens is 414 g/mol. The van der Waals surface area contributed by atoms with E-state index in [1.54, 1.807) is 6.07 Å². The Morgan fingerprint density at radius 3 is 2.71 bits per heavy atom. The first kappa shape index (κ1) is 21.1. The van der Waals surface area contributed by atoms with Gasteiger partial charge in [0.25, 0.3) is 5.56 Å². The molecule has 0 unspecified atom stereocenters. The minimum Gasteiger partial charge on any atom is -0.454 e. The molecule has 1 aliphatic heterocycles. The quantitative estimate of drug-likeness (QED) is 0.465. The zero-order valence-electron chi connectivity index (χ0n) is 17.1. The lowest BCUT2D eigenvalue weighted by molar-refractivity contribution is 0.174. The van der Waals surface area contributed by atoms with E-state index in [2.05, 4.69) is 22.4 Å². The zero-order chi connectivity index (χ0) is 21.6. The minimum atomic E-state index is -0.174. The Hall–Kier alpha value is -3.10. The Labute approximate surface area is 185 Å². The Morgan fingerprint density at radius 2 is 1.94 bits per heavy atom. The first-order valence-electron chi connectivity index (χ1n) is 10.3. The molecule has 0 radical (unpaired) electrons. The summed E-state index contributed by atoms with van der Waals surface area (Å²) in [6.45, 7) is 1.82. The Kier molecular flexibility index (Phi) is 6.69. The van der Waals surface area contributed by atoms with Gasteiger partial charge in [-0.1, -0.05) is 30.3 Å². The highest BCUT2D eigenvalue weighted by molar-refractivity contribution is 7.80. The van der Waals surface area contributed by atoms with Crippen LogP contribution in [0, 0.1) is 0 Å². The largest absolute Gasteiger partial charge is 0.454 e. The van der Waals surface area contributed by atoms with Gasteiger partial charge >= 0.3 is 0 Å². The molecule has 162 valence electrons. The number of thiocarbonyl (C=S) groups is 1. The molecule has 0 bridgehead atoms. The van der Waals surface area contributed by atoms with E-state index in [1.807, 2.05) is 35.2 Å². The van der Waals surface area contributed by atoms with Crippen molar-refractivity contribution in [2.45, 2.75) is 19.4 Å². The number of fused-ring (bicyclic) bond motifs is 2. The minimum absolute atomic E-state index is 0.0562. The average molecular weight is 440 g/mol. The van der Waals surface area contributed by atoms with Gasteiger partial charge in [0, 0.05) is 36.7 Å². The van der Waals surface area contributed by atoms with Crippen molar-refractivity contribution in [3.8, 4) is 11.5 Å². The van der Waals surface area contributed by atoms with E-state index in [4.69, 9.17) is 21.7 Å². The number of hydrogen-bond donors (Lipinski definition) is 3. The average Bonchev–Trinajstić information content (AvgIpc) is 3.23. The Balaban J connectivity index is 1.48. The van der Waals surface area contributed by atoms with Crippen LogP contribution in [0.15, 0.2) is 53.3 Å². The van der Waals surface area contributed by atoms with Crippen LogP contribution in [0.25, 0.3) is 10.9 Å². The van der Waals surface area contributed by atoms with Crippen molar-refractivity contribution in [3.63, 3.8) is 0 Å². The van der Waals surface area contributed by atoms with Gasteiger partial charge in [-0.3, -0.25) is 4.79 Å². The first-order chi connectivity index (χ1) is 15.1. The molecule has 31 heavy (non-hydrogen) atoms. The summed E-state index contributed by atoms with van der Waals surface area (Å²) in [6, 6.07) is 15.7. The van der Waals surface area contributed by atoms with Crippen LogP contribution in [0.2, 0.25) is 0 Å². The van der Waals surface area contributed by atoms with E-state index in [9.17, 15) is 9.90 Å². The predicted molar refractivity (Wildman–Crippen MR) is 124 cm³/mol. The topological polar surface area (TPSA) is 86.8 Å². The maximum Gasteiger partial charge on any atom is 0.253 e. The second-order valence-electron chi connectivity index (χ2n) is 7.38. The molecule has 8 heteroatoms. The number of aliphatic hydroxyl groups is 1. The monoisotopic (exact) mass is 439 g/mol. The van der Waals surface area contributed by atoms with Crippen molar-refractivity contribution in [1.82, 2.24) is 15.2 Å². The third kappa shape index (κ3) is 5.15. The maximum absolute atomic E-state index is 12.7. The molecular formula is C23H25N3O4S. The van der Waals surface area contributed by atoms with Crippen molar-refractivity contribution in [1.29, 1.82) is 0 Å². The molecule has 1 aromatic heterocycles. The lowest BCUT2D eigenvalue weighted by Crippen LogP contribution is -2.41. The van der Waals surface area contributed by atoms with Gasteiger partial charge in [0.2, 0.25) is 6.79 Å². The van der Waals surface area contributed by atoms with Crippen LogP contribution in [-0.2, 0) is 13.0 Å². The highest BCUT2D eigenvalue weighted by atomic mass is 32.1. The summed E-state index contributed by atoms with van der Waals surface area (Å²) < 4.78 is 10.8. The maximum atomic E-state index is 12.7. The van der Waals surface area contributed by atoms with Crippen LogP contribution >= 0.6 is 12.2 Å². The van der Waals surface area contributed by atoms with Crippen LogP contribution in [0.3, 0.4) is 0 Å². The number of aromatic nitrogens is 1. The normalized spacial score (nSPS) is 12.2. The number of ether oxygens (including phenoxy) is 2. The van der Waals surface area contributed by atoms with Crippen molar-refractivity contribution < 1.29 is 14.6 Å². The van der Waals surface area contributed by atoms with E-state index in [1.165, 1.54) is 5.56 Å². The fourth-order valence-electron chi connectivity index (χ4n) is 3.55. The molecule has 0 fully saturated rings. The SMILES string of the molecule is O=c1[nH]c2cc3c(cc2cc1CN(CCCO)C(=S)NCCc1ccccc1)OCO3. The number of nitrogens with zero attached hydrogens (tertiary/aromatic N) is 1. The highest BCUT2D eigenvalue weighted by Gasteiger charge is 2.17. The third-order valence-electron chi connectivity index (χ3n) is 5.18. The molecule has 0 saturated heterocycles. The molecule has 7 nitrogen and oxygen atoms in total. The summed E-state index contributed by atoms with van der Waals surface area (Å²) in [5.74, 6) is 1.30. The van der Waals surface area contributed by atoms with Crippen LogP contribution in [0.5, 0.6) is 11.5 Å². The summed E-state index contributed by atoms with van der Waals surface area (Å²) in [5.41, 5.74) is 2.34. The second-order valence-corrected chi connectivity index (χ2v) is 7.77. The summed E-state index contributed by atoms with van der Waals surface area (Å²) in [4.78, 5) is 17.5. The zero-order valence-corrected chi connectivity index (χ0v) is 17.9. The van der Waals surface area contributed by atoms with Gasteiger partial charge in [0.1, 0.15) is 0 Å². The number of nitrogens with one attached hydrogen (secondary N) is 2. The van der Waals surface area contributed by atoms with Gasteiger partial charge in [0.15, 0.2) is 16.6 Å². The van der Waals surface area contributed by atoms with Crippen LogP contribution < -0.4 is 20.3 Å².